The van der Waals surface area contributed by atoms with E-state index in [1.165, 1.54) is 0 Å². The summed E-state index contributed by atoms with van der Waals surface area (Å²) < 4.78 is 0. The minimum absolute atomic E-state index is 0.673. The molecule has 8 aromatic carbocycles. The summed E-state index contributed by atoms with van der Waals surface area (Å²) in [7, 11) is 0. The molecule has 0 N–H and O–H groups in total. The molecule has 0 radical (unpaired) electrons. The summed E-state index contributed by atoms with van der Waals surface area (Å²) in [6, 6.07) is 41.6. The van der Waals surface area contributed by atoms with E-state index in [-0.39, 0.29) is 0 Å². The third-order valence-corrected chi connectivity index (χ3v) is 9.34. The van der Waals surface area contributed by atoms with Crippen LogP contribution in [0.3, 0.4) is 0 Å². The van der Waals surface area contributed by atoms with Gasteiger partial charge in [0.25, 0.3) is 0 Å². The molecule has 0 bridgehead atoms. The lowest BCUT2D eigenvalue weighted by Crippen LogP contribution is -2.00. The van der Waals surface area contributed by atoms with Crippen molar-refractivity contribution in [3.05, 3.63) is 121 Å². The molecule has 0 spiro atoms. The third-order valence-electron chi connectivity index (χ3n) is 9.34. The van der Waals surface area contributed by atoms with Crippen LogP contribution in [0.4, 0.5) is 0 Å². The van der Waals surface area contributed by atoms with Gasteiger partial charge in [-0.25, -0.2) is 29.9 Å². The molecule has 0 aliphatic rings. The Bertz CT molecular complexity index is 2940. The van der Waals surface area contributed by atoms with Crippen LogP contribution in [-0.2, 0) is 0 Å². The maximum atomic E-state index is 5.43. The topological polar surface area (TPSA) is 77.3 Å². The van der Waals surface area contributed by atoms with Crippen LogP contribution in [0.5, 0.6) is 0 Å². The average molecular weight is 585 g/mol. The van der Waals surface area contributed by atoms with E-state index in [0.29, 0.717) is 33.1 Å². The first-order chi connectivity index (χ1) is 22.8. The highest BCUT2D eigenvalue weighted by atomic mass is 14.9. The highest BCUT2D eigenvalue weighted by Gasteiger charge is 2.22. The van der Waals surface area contributed by atoms with Crippen LogP contribution < -0.4 is 0 Å². The van der Waals surface area contributed by atoms with Crippen LogP contribution in [-0.4, -0.2) is 29.9 Å². The van der Waals surface area contributed by atoms with Crippen molar-refractivity contribution in [2.75, 3.05) is 0 Å². The lowest BCUT2D eigenvalue weighted by Gasteiger charge is -2.14. The molecule has 0 aliphatic heterocycles. The Labute approximate surface area is 260 Å². The number of fused-ring (bicyclic) bond motifs is 19. The van der Waals surface area contributed by atoms with E-state index in [1.807, 2.05) is 24.3 Å². The van der Waals surface area contributed by atoms with E-state index in [2.05, 4.69) is 97.1 Å². The van der Waals surface area contributed by atoms with Crippen molar-refractivity contribution < 1.29 is 0 Å². The zero-order valence-electron chi connectivity index (χ0n) is 24.2. The van der Waals surface area contributed by atoms with E-state index in [1.54, 1.807) is 0 Å². The predicted molar refractivity (Wildman–Crippen MR) is 188 cm³/mol. The van der Waals surface area contributed by atoms with Crippen molar-refractivity contribution in [1.82, 2.24) is 29.9 Å². The predicted octanol–water partition coefficient (Wildman–Crippen LogP) is 9.59. The minimum atomic E-state index is 0.673. The van der Waals surface area contributed by atoms with Gasteiger partial charge in [0.1, 0.15) is 33.1 Å². The van der Waals surface area contributed by atoms with Crippen LogP contribution in [0.25, 0.3) is 109 Å². The maximum absolute atomic E-state index is 5.43. The Morgan fingerprint density at radius 2 is 0.413 bits per heavy atom. The molecule has 6 heteroatoms. The van der Waals surface area contributed by atoms with Gasteiger partial charge in [-0.2, -0.15) is 0 Å². The summed E-state index contributed by atoms with van der Waals surface area (Å²) in [6.45, 7) is 0. The fourth-order valence-corrected chi connectivity index (χ4v) is 7.31. The highest BCUT2D eigenvalue weighted by Crippen LogP contribution is 2.40. The van der Waals surface area contributed by atoms with Crippen LogP contribution in [0.15, 0.2) is 121 Å². The number of hydrogen-bond donors (Lipinski definition) is 0. The zero-order valence-corrected chi connectivity index (χ0v) is 24.2. The summed E-state index contributed by atoms with van der Waals surface area (Å²) in [6.07, 6.45) is 0. The molecule has 0 atom stereocenters. The van der Waals surface area contributed by atoms with Crippen molar-refractivity contribution in [3.63, 3.8) is 0 Å². The molecular formula is C40H20N6. The average Bonchev–Trinajstić information content (AvgIpc) is 3.13. The van der Waals surface area contributed by atoms with Gasteiger partial charge in [-0.1, -0.05) is 109 Å². The molecule has 3 heterocycles. The molecule has 0 fully saturated rings. The van der Waals surface area contributed by atoms with Crippen molar-refractivity contribution in [2.45, 2.75) is 0 Å². The number of para-hydroxylation sites is 2. The molecule has 0 saturated heterocycles. The maximum Gasteiger partial charge on any atom is 0.120 e. The lowest BCUT2D eigenvalue weighted by atomic mass is 9.99. The number of hydrogen-bond acceptors (Lipinski definition) is 6. The monoisotopic (exact) mass is 584 g/mol. The lowest BCUT2D eigenvalue weighted by molar-refractivity contribution is 1.35. The van der Waals surface area contributed by atoms with Gasteiger partial charge < -0.3 is 0 Å². The van der Waals surface area contributed by atoms with Crippen molar-refractivity contribution in [1.29, 1.82) is 0 Å². The molecule has 0 amide bonds. The summed E-state index contributed by atoms with van der Waals surface area (Å²) in [5.74, 6) is 0. The molecule has 0 unspecified atom stereocenters. The molecule has 0 aliphatic carbocycles. The fourth-order valence-electron chi connectivity index (χ4n) is 7.31. The van der Waals surface area contributed by atoms with Crippen molar-refractivity contribution in [2.24, 2.45) is 0 Å². The number of rotatable bonds is 0. The summed E-state index contributed by atoms with van der Waals surface area (Å²) in [5.41, 5.74) is 8.97. The molecule has 6 nitrogen and oxygen atoms in total. The van der Waals surface area contributed by atoms with Gasteiger partial charge >= 0.3 is 0 Å². The van der Waals surface area contributed by atoms with Crippen molar-refractivity contribution in [3.8, 4) is 0 Å². The molecular weight excluding hydrogens is 564 g/mol. The number of nitrogens with zero attached hydrogens (tertiary/aromatic N) is 6. The van der Waals surface area contributed by atoms with Gasteiger partial charge in [0.05, 0.1) is 33.1 Å². The summed E-state index contributed by atoms with van der Waals surface area (Å²) >= 11 is 0. The van der Waals surface area contributed by atoms with Gasteiger partial charge in [-0.15, -0.1) is 0 Å². The highest BCUT2D eigenvalue weighted by molar-refractivity contribution is 6.29. The van der Waals surface area contributed by atoms with Crippen LogP contribution >= 0.6 is 0 Å². The molecule has 46 heavy (non-hydrogen) atoms. The van der Waals surface area contributed by atoms with Gasteiger partial charge in [-0.3, -0.25) is 0 Å². The number of benzene rings is 8. The number of aromatic nitrogens is 6. The first-order valence-corrected chi connectivity index (χ1v) is 15.3. The van der Waals surface area contributed by atoms with Crippen LogP contribution in [0.2, 0.25) is 0 Å². The summed E-state index contributed by atoms with van der Waals surface area (Å²) in [5, 5.41) is 8.77. The minimum Gasteiger partial charge on any atom is -0.242 e. The Morgan fingerprint density at radius 3 is 0.696 bits per heavy atom. The SMILES string of the molecule is c1ccc2nc3c(nc2c1)c1nc2c4ccccc4c4ccccc4c2nc1c1nc2c4ccccc4c4ccccc4c2nc31. The Hall–Kier alpha value is -6.40. The largest absolute Gasteiger partial charge is 0.242 e. The molecule has 11 rings (SSSR count). The first kappa shape index (κ1) is 24.0. The fraction of sp³-hybridized carbons (Fsp3) is 0. The van der Waals surface area contributed by atoms with Gasteiger partial charge in [0, 0.05) is 21.5 Å². The summed E-state index contributed by atoms with van der Waals surface area (Å²) in [4.78, 5) is 32.0. The van der Waals surface area contributed by atoms with Gasteiger partial charge in [0.15, 0.2) is 0 Å². The molecule has 210 valence electrons. The Kier molecular flexibility index (Phi) is 4.49. The standard InChI is InChI=1S/C40H20N6/c1-5-15-25-21(11-1)23-13-3-7-17-27(23)33-31(25)43-37-35-36(42-30-20-10-9-19-29(30)41-35)38-40(39(37)45-33)46-34-28-18-8-4-14-24(28)22-12-2-6-16-26(22)32(34)44-38/h1-20H. The van der Waals surface area contributed by atoms with Crippen LogP contribution in [0.1, 0.15) is 0 Å². The molecule has 11 aromatic rings. The first-order valence-electron chi connectivity index (χ1n) is 15.3. The van der Waals surface area contributed by atoms with E-state index in [9.17, 15) is 0 Å². The second-order valence-electron chi connectivity index (χ2n) is 11.8. The van der Waals surface area contributed by atoms with E-state index < -0.39 is 0 Å². The Morgan fingerprint density at radius 1 is 0.196 bits per heavy atom. The quantitative estimate of drug-likeness (QED) is 0.130. The van der Waals surface area contributed by atoms with Gasteiger partial charge in [-0.05, 0) is 33.7 Å². The van der Waals surface area contributed by atoms with Crippen LogP contribution in [0, 0.1) is 0 Å². The van der Waals surface area contributed by atoms with Crippen molar-refractivity contribution >= 4 is 109 Å². The van der Waals surface area contributed by atoms with Gasteiger partial charge in [0.2, 0.25) is 0 Å². The Balaban J connectivity index is 1.45. The third kappa shape index (κ3) is 3.05. The second-order valence-corrected chi connectivity index (χ2v) is 11.8. The zero-order chi connectivity index (χ0) is 29.9. The normalized spacial score (nSPS) is 12.3. The van der Waals surface area contributed by atoms with E-state index >= 15 is 0 Å². The molecule has 0 saturated carbocycles. The smallest absolute Gasteiger partial charge is 0.120 e. The van der Waals surface area contributed by atoms with E-state index in [4.69, 9.17) is 29.9 Å². The van der Waals surface area contributed by atoms with E-state index in [0.717, 1.165) is 76.2 Å². The molecule has 3 aromatic heterocycles. The second kappa shape index (κ2) is 8.61.